The summed E-state index contributed by atoms with van der Waals surface area (Å²) in [5, 5.41) is 2.82. The van der Waals surface area contributed by atoms with Crippen LogP contribution in [0, 0.1) is 0 Å². The third-order valence-corrected chi connectivity index (χ3v) is 5.36. The molecule has 0 bridgehead atoms. The molecule has 0 spiro atoms. The first kappa shape index (κ1) is 15.7. The molecule has 0 aliphatic rings. The van der Waals surface area contributed by atoms with E-state index in [9.17, 15) is 9.59 Å². The van der Waals surface area contributed by atoms with Gasteiger partial charge in [0.2, 0.25) is 5.91 Å². The summed E-state index contributed by atoms with van der Waals surface area (Å²) in [5.74, 6) is 0.216. The number of hydrogen-bond donors (Lipinski definition) is 1. The van der Waals surface area contributed by atoms with E-state index >= 15 is 0 Å². The molecular formula is C17H14N2O2S2. The van der Waals surface area contributed by atoms with Crippen molar-refractivity contribution in [3.8, 4) is 0 Å². The molecule has 1 aromatic heterocycles. The molecule has 0 aliphatic carbocycles. The van der Waals surface area contributed by atoms with Gasteiger partial charge in [-0.05, 0) is 43.3 Å². The third kappa shape index (κ3) is 3.97. The Morgan fingerprint density at radius 1 is 1.13 bits per heavy atom. The lowest BCUT2D eigenvalue weighted by Crippen LogP contribution is -2.13. The number of para-hydroxylation sites is 1. The maximum atomic E-state index is 12.0. The smallest absolute Gasteiger partial charge is 0.234 e. The van der Waals surface area contributed by atoms with Crippen LogP contribution in [0.1, 0.15) is 17.3 Å². The average molecular weight is 342 g/mol. The zero-order valence-electron chi connectivity index (χ0n) is 12.4. The molecule has 0 saturated carbocycles. The summed E-state index contributed by atoms with van der Waals surface area (Å²) in [5.41, 5.74) is 2.27. The van der Waals surface area contributed by atoms with Crippen molar-refractivity contribution in [1.82, 2.24) is 4.98 Å². The lowest BCUT2D eigenvalue weighted by atomic mass is 10.1. The van der Waals surface area contributed by atoms with Crippen LogP contribution in [0.2, 0.25) is 0 Å². The van der Waals surface area contributed by atoms with E-state index in [-0.39, 0.29) is 11.7 Å². The van der Waals surface area contributed by atoms with Crippen LogP contribution in [0.5, 0.6) is 0 Å². The van der Waals surface area contributed by atoms with Gasteiger partial charge >= 0.3 is 0 Å². The van der Waals surface area contributed by atoms with Gasteiger partial charge in [0.15, 0.2) is 10.1 Å². The van der Waals surface area contributed by atoms with Crippen molar-refractivity contribution in [2.45, 2.75) is 11.3 Å². The summed E-state index contributed by atoms with van der Waals surface area (Å²) in [6.45, 7) is 1.52. The highest BCUT2D eigenvalue weighted by Crippen LogP contribution is 2.29. The molecule has 4 nitrogen and oxygen atoms in total. The molecule has 2 aromatic carbocycles. The van der Waals surface area contributed by atoms with Gasteiger partial charge < -0.3 is 5.32 Å². The van der Waals surface area contributed by atoms with Gasteiger partial charge in [0.05, 0.1) is 16.0 Å². The standard InChI is InChI=1S/C17H14N2O2S2/c1-11(20)12-6-8-13(9-7-12)18-16(21)10-22-17-19-14-4-2-3-5-15(14)23-17/h2-9H,10H2,1H3,(H,18,21). The van der Waals surface area contributed by atoms with Crippen molar-refractivity contribution < 1.29 is 9.59 Å². The van der Waals surface area contributed by atoms with E-state index in [1.165, 1.54) is 18.7 Å². The van der Waals surface area contributed by atoms with Crippen LogP contribution in [0.15, 0.2) is 52.9 Å². The van der Waals surface area contributed by atoms with E-state index in [2.05, 4.69) is 10.3 Å². The zero-order valence-corrected chi connectivity index (χ0v) is 14.0. The van der Waals surface area contributed by atoms with Crippen LogP contribution in [0.4, 0.5) is 5.69 Å². The van der Waals surface area contributed by atoms with Gasteiger partial charge in [-0.3, -0.25) is 9.59 Å². The van der Waals surface area contributed by atoms with Crippen molar-refractivity contribution in [1.29, 1.82) is 0 Å². The van der Waals surface area contributed by atoms with E-state index in [1.54, 1.807) is 35.6 Å². The van der Waals surface area contributed by atoms with E-state index in [0.717, 1.165) is 14.6 Å². The number of fused-ring (bicyclic) bond motifs is 1. The Hall–Kier alpha value is -2.18. The van der Waals surface area contributed by atoms with Crippen molar-refractivity contribution in [3.05, 3.63) is 54.1 Å². The quantitative estimate of drug-likeness (QED) is 0.557. The molecule has 0 fully saturated rings. The average Bonchev–Trinajstić information content (AvgIpc) is 2.96. The number of carbonyl (C=O) groups is 2. The van der Waals surface area contributed by atoms with Gasteiger partial charge in [-0.2, -0.15) is 0 Å². The van der Waals surface area contributed by atoms with Gasteiger partial charge in [-0.1, -0.05) is 23.9 Å². The summed E-state index contributed by atoms with van der Waals surface area (Å²) in [6.07, 6.45) is 0. The predicted molar refractivity (Wildman–Crippen MR) is 95.4 cm³/mol. The first-order valence-corrected chi connectivity index (χ1v) is 8.81. The highest BCUT2D eigenvalue weighted by molar-refractivity contribution is 8.01. The van der Waals surface area contributed by atoms with Crippen molar-refractivity contribution in [2.24, 2.45) is 0 Å². The lowest BCUT2D eigenvalue weighted by molar-refractivity contribution is -0.113. The number of benzene rings is 2. The molecule has 0 radical (unpaired) electrons. The number of anilines is 1. The molecule has 0 unspecified atom stereocenters. The number of hydrogen-bond acceptors (Lipinski definition) is 5. The van der Waals surface area contributed by atoms with Crippen LogP contribution in [-0.2, 0) is 4.79 Å². The minimum absolute atomic E-state index is 0.00858. The van der Waals surface area contributed by atoms with Gasteiger partial charge in [0.1, 0.15) is 0 Å². The zero-order chi connectivity index (χ0) is 16.2. The summed E-state index contributed by atoms with van der Waals surface area (Å²) in [7, 11) is 0. The normalized spacial score (nSPS) is 10.7. The number of Topliss-reactive ketones (excluding diaryl/α,β-unsaturated/α-hetero) is 1. The van der Waals surface area contributed by atoms with Crippen LogP contribution >= 0.6 is 23.1 Å². The summed E-state index contributed by atoms with van der Waals surface area (Å²) >= 11 is 3.01. The number of rotatable bonds is 5. The molecule has 116 valence electrons. The number of thiazole rings is 1. The predicted octanol–water partition coefficient (Wildman–Crippen LogP) is 4.23. The van der Waals surface area contributed by atoms with E-state index in [1.807, 2.05) is 24.3 Å². The third-order valence-electron chi connectivity index (χ3n) is 3.18. The topological polar surface area (TPSA) is 59.1 Å². The second kappa shape index (κ2) is 6.93. The fourth-order valence-electron chi connectivity index (χ4n) is 2.03. The number of thioether (sulfide) groups is 1. The van der Waals surface area contributed by atoms with Crippen LogP contribution in [-0.4, -0.2) is 22.4 Å². The molecule has 6 heteroatoms. The lowest BCUT2D eigenvalue weighted by Gasteiger charge is -2.04. The second-order valence-corrected chi connectivity index (χ2v) is 7.17. The van der Waals surface area contributed by atoms with Crippen molar-refractivity contribution in [3.63, 3.8) is 0 Å². The van der Waals surface area contributed by atoms with Crippen LogP contribution in [0.3, 0.4) is 0 Å². The summed E-state index contributed by atoms with van der Waals surface area (Å²) < 4.78 is 2.00. The number of nitrogens with zero attached hydrogens (tertiary/aromatic N) is 1. The molecule has 1 amide bonds. The van der Waals surface area contributed by atoms with E-state index in [4.69, 9.17) is 0 Å². The van der Waals surface area contributed by atoms with Crippen LogP contribution < -0.4 is 5.32 Å². The summed E-state index contributed by atoms with van der Waals surface area (Å²) in [6, 6.07) is 14.8. The van der Waals surface area contributed by atoms with Gasteiger partial charge in [-0.25, -0.2) is 4.98 Å². The Kier molecular flexibility index (Phi) is 4.73. The Bertz CT molecular complexity index is 823. The van der Waals surface area contributed by atoms with Crippen molar-refractivity contribution in [2.75, 3.05) is 11.1 Å². The molecule has 23 heavy (non-hydrogen) atoms. The Morgan fingerprint density at radius 2 is 1.87 bits per heavy atom. The Morgan fingerprint density at radius 3 is 2.57 bits per heavy atom. The van der Waals surface area contributed by atoms with Gasteiger partial charge in [0.25, 0.3) is 0 Å². The largest absolute Gasteiger partial charge is 0.325 e. The molecule has 3 rings (SSSR count). The fourth-order valence-corrected chi connectivity index (χ4v) is 3.89. The SMILES string of the molecule is CC(=O)c1ccc(NC(=O)CSc2nc3ccccc3s2)cc1. The summed E-state index contributed by atoms with van der Waals surface area (Å²) in [4.78, 5) is 27.7. The van der Waals surface area contributed by atoms with Gasteiger partial charge in [0, 0.05) is 11.3 Å². The number of amides is 1. The van der Waals surface area contributed by atoms with E-state index < -0.39 is 0 Å². The molecule has 0 aliphatic heterocycles. The minimum atomic E-state index is -0.0927. The number of nitrogens with one attached hydrogen (secondary N) is 1. The first-order chi connectivity index (χ1) is 11.1. The molecule has 3 aromatic rings. The first-order valence-electron chi connectivity index (χ1n) is 7.01. The fraction of sp³-hybridized carbons (Fsp3) is 0.118. The molecule has 1 N–H and O–H groups in total. The van der Waals surface area contributed by atoms with Crippen LogP contribution in [0.25, 0.3) is 10.2 Å². The Labute approximate surface area is 141 Å². The number of ketones is 1. The molecule has 0 atom stereocenters. The van der Waals surface area contributed by atoms with E-state index in [0.29, 0.717) is 17.0 Å². The van der Waals surface area contributed by atoms with Gasteiger partial charge in [-0.15, -0.1) is 11.3 Å². The molecule has 1 heterocycles. The molecular weight excluding hydrogens is 328 g/mol. The Balaban J connectivity index is 1.57. The second-order valence-electron chi connectivity index (χ2n) is 4.92. The highest BCUT2D eigenvalue weighted by Gasteiger charge is 2.08. The monoisotopic (exact) mass is 342 g/mol. The minimum Gasteiger partial charge on any atom is -0.325 e. The maximum absolute atomic E-state index is 12.0. The number of aromatic nitrogens is 1. The molecule has 0 saturated heterocycles. The number of carbonyl (C=O) groups excluding carboxylic acids is 2. The highest BCUT2D eigenvalue weighted by atomic mass is 32.2. The maximum Gasteiger partial charge on any atom is 0.234 e. The van der Waals surface area contributed by atoms with Crippen molar-refractivity contribution >= 4 is 50.7 Å².